The predicted molar refractivity (Wildman–Crippen MR) is 44.5 cm³/mol. The number of nitrogens with zero attached hydrogens (tertiary/aromatic N) is 1. The van der Waals surface area contributed by atoms with Gasteiger partial charge in [-0.3, -0.25) is 9.69 Å². The molecule has 3 heteroatoms. The lowest BCUT2D eigenvalue weighted by Crippen LogP contribution is -2.45. The zero-order valence-electron chi connectivity index (χ0n) is 7.72. The van der Waals surface area contributed by atoms with Crippen LogP contribution in [0.4, 0.5) is 0 Å². The highest BCUT2D eigenvalue weighted by molar-refractivity contribution is 5.87. The third-order valence-electron chi connectivity index (χ3n) is 2.14. The van der Waals surface area contributed by atoms with Crippen molar-refractivity contribution in [1.82, 2.24) is 4.90 Å². The summed E-state index contributed by atoms with van der Waals surface area (Å²) in [4.78, 5) is 13.2. The summed E-state index contributed by atoms with van der Waals surface area (Å²) >= 11 is 0. The molecule has 0 saturated heterocycles. The van der Waals surface area contributed by atoms with Crippen LogP contribution in [0.2, 0.25) is 0 Å². The Labute approximate surface area is 68.0 Å². The Morgan fingerprint density at radius 2 is 1.91 bits per heavy atom. The maximum atomic E-state index is 11.3. The van der Waals surface area contributed by atoms with E-state index in [4.69, 9.17) is 5.11 Å². The molecule has 0 unspecified atom stereocenters. The van der Waals surface area contributed by atoms with E-state index in [1.54, 1.807) is 0 Å². The van der Waals surface area contributed by atoms with E-state index in [2.05, 4.69) is 0 Å². The second kappa shape index (κ2) is 3.83. The molecule has 0 aliphatic carbocycles. The number of hydrogen-bond donors (Lipinski definition) is 1. The highest BCUT2D eigenvalue weighted by atomic mass is 16.3. The molecular weight excluding hydrogens is 142 g/mol. The number of hydrogen-bond acceptors (Lipinski definition) is 3. The van der Waals surface area contributed by atoms with Crippen LogP contribution >= 0.6 is 0 Å². The van der Waals surface area contributed by atoms with Gasteiger partial charge < -0.3 is 5.11 Å². The molecule has 0 saturated carbocycles. The Morgan fingerprint density at radius 3 is 2.18 bits per heavy atom. The molecule has 0 amide bonds. The number of carbonyl (C=O) groups is 1. The van der Waals surface area contributed by atoms with Crippen molar-refractivity contribution in [3.05, 3.63) is 0 Å². The number of rotatable bonds is 4. The van der Waals surface area contributed by atoms with Crippen molar-refractivity contribution in [3.63, 3.8) is 0 Å². The lowest BCUT2D eigenvalue weighted by atomic mass is 9.96. The SMILES string of the molecule is CN(C)C(C)(C)C(=O)CCO. The summed E-state index contributed by atoms with van der Waals surface area (Å²) in [5.74, 6) is 0.0741. The summed E-state index contributed by atoms with van der Waals surface area (Å²) in [6.07, 6.45) is 0.241. The molecule has 0 aromatic carbocycles. The van der Waals surface area contributed by atoms with Gasteiger partial charge in [0.25, 0.3) is 0 Å². The average Bonchev–Trinajstić information content (AvgIpc) is 1.88. The Balaban J connectivity index is 4.18. The summed E-state index contributed by atoms with van der Waals surface area (Å²) in [7, 11) is 3.71. The number of likely N-dealkylation sites (N-methyl/N-ethyl adjacent to an activating group) is 1. The van der Waals surface area contributed by atoms with Crippen LogP contribution in [0.15, 0.2) is 0 Å². The first kappa shape index (κ1) is 10.6. The minimum absolute atomic E-state index is 0.0594. The van der Waals surface area contributed by atoms with Gasteiger partial charge in [0, 0.05) is 6.42 Å². The van der Waals surface area contributed by atoms with Crippen LogP contribution in [0.5, 0.6) is 0 Å². The van der Waals surface area contributed by atoms with Gasteiger partial charge in [0.1, 0.15) is 0 Å². The lowest BCUT2D eigenvalue weighted by molar-refractivity contribution is -0.128. The fourth-order valence-corrected chi connectivity index (χ4v) is 0.657. The first-order chi connectivity index (χ1) is 4.92. The molecule has 66 valence electrons. The van der Waals surface area contributed by atoms with Gasteiger partial charge >= 0.3 is 0 Å². The summed E-state index contributed by atoms with van der Waals surface area (Å²) < 4.78 is 0. The number of aliphatic hydroxyl groups excluding tert-OH is 1. The summed E-state index contributed by atoms with van der Waals surface area (Å²) in [6, 6.07) is 0. The van der Waals surface area contributed by atoms with Gasteiger partial charge in [-0.25, -0.2) is 0 Å². The van der Waals surface area contributed by atoms with E-state index in [-0.39, 0.29) is 18.8 Å². The number of carbonyl (C=O) groups excluding carboxylic acids is 1. The smallest absolute Gasteiger partial charge is 0.154 e. The molecule has 0 atom stereocenters. The van der Waals surface area contributed by atoms with Crippen LogP contribution < -0.4 is 0 Å². The molecule has 11 heavy (non-hydrogen) atoms. The van der Waals surface area contributed by atoms with Gasteiger partial charge in [-0.05, 0) is 27.9 Å². The molecule has 0 rings (SSSR count). The minimum atomic E-state index is -0.456. The third-order valence-corrected chi connectivity index (χ3v) is 2.14. The zero-order valence-corrected chi connectivity index (χ0v) is 7.72. The van der Waals surface area contributed by atoms with Crippen molar-refractivity contribution in [1.29, 1.82) is 0 Å². The molecule has 0 aliphatic heterocycles. The summed E-state index contributed by atoms with van der Waals surface area (Å²) in [5, 5.41) is 8.54. The van der Waals surface area contributed by atoms with Crippen molar-refractivity contribution in [2.75, 3.05) is 20.7 Å². The second-order valence-corrected chi connectivity index (χ2v) is 3.35. The highest BCUT2D eigenvalue weighted by Crippen LogP contribution is 2.12. The van der Waals surface area contributed by atoms with Crippen molar-refractivity contribution >= 4 is 5.78 Å². The van der Waals surface area contributed by atoms with Crippen molar-refractivity contribution in [2.45, 2.75) is 25.8 Å². The third kappa shape index (κ3) is 2.60. The first-order valence-corrected chi connectivity index (χ1v) is 3.74. The molecule has 1 N–H and O–H groups in total. The molecule has 0 spiro atoms. The Kier molecular flexibility index (Phi) is 3.69. The van der Waals surface area contributed by atoms with Crippen LogP contribution in [0.3, 0.4) is 0 Å². The van der Waals surface area contributed by atoms with Crippen molar-refractivity contribution < 1.29 is 9.90 Å². The molecule has 0 radical (unpaired) electrons. The fraction of sp³-hybridized carbons (Fsp3) is 0.875. The monoisotopic (exact) mass is 159 g/mol. The normalized spacial score (nSPS) is 12.2. The van der Waals surface area contributed by atoms with Gasteiger partial charge in [0.15, 0.2) is 5.78 Å². The van der Waals surface area contributed by atoms with E-state index in [0.29, 0.717) is 0 Å². The van der Waals surface area contributed by atoms with Gasteiger partial charge in [-0.15, -0.1) is 0 Å². The van der Waals surface area contributed by atoms with E-state index in [1.807, 2.05) is 32.8 Å². The maximum absolute atomic E-state index is 11.3. The molecule has 0 heterocycles. The molecule has 0 fully saturated rings. The molecule has 3 nitrogen and oxygen atoms in total. The number of ketones is 1. The Morgan fingerprint density at radius 1 is 1.45 bits per heavy atom. The van der Waals surface area contributed by atoms with E-state index in [1.165, 1.54) is 0 Å². The molecule has 0 aromatic heterocycles. The number of Topliss-reactive ketones (excluding diaryl/α,β-unsaturated/α-hetero) is 1. The summed E-state index contributed by atoms with van der Waals surface area (Å²) in [5.41, 5.74) is -0.456. The Hall–Kier alpha value is -0.410. The lowest BCUT2D eigenvalue weighted by Gasteiger charge is -2.30. The van der Waals surface area contributed by atoms with E-state index in [0.717, 1.165) is 0 Å². The van der Waals surface area contributed by atoms with E-state index < -0.39 is 5.54 Å². The largest absolute Gasteiger partial charge is 0.396 e. The quantitative estimate of drug-likeness (QED) is 0.640. The topological polar surface area (TPSA) is 40.5 Å². The van der Waals surface area contributed by atoms with Crippen molar-refractivity contribution in [3.8, 4) is 0 Å². The second-order valence-electron chi connectivity index (χ2n) is 3.35. The van der Waals surface area contributed by atoms with Crippen LogP contribution in [0.25, 0.3) is 0 Å². The zero-order chi connectivity index (χ0) is 9.07. The van der Waals surface area contributed by atoms with E-state index in [9.17, 15) is 4.79 Å². The Bertz CT molecular complexity index is 141. The van der Waals surface area contributed by atoms with Crippen LogP contribution in [-0.2, 0) is 4.79 Å². The predicted octanol–water partition coefficient (Wildman–Crippen LogP) is 0.278. The minimum Gasteiger partial charge on any atom is -0.396 e. The van der Waals surface area contributed by atoms with Gasteiger partial charge in [-0.1, -0.05) is 0 Å². The first-order valence-electron chi connectivity index (χ1n) is 3.74. The standard InChI is InChI=1S/C8H17NO2/c1-8(2,9(3)4)7(11)5-6-10/h10H,5-6H2,1-4H3. The highest BCUT2D eigenvalue weighted by Gasteiger charge is 2.28. The maximum Gasteiger partial charge on any atom is 0.154 e. The molecule has 0 bridgehead atoms. The fourth-order valence-electron chi connectivity index (χ4n) is 0.657. The van der Waals surface area contributed by atoms with Gasteiger partial charge in [-0.2, -0.15) is 0 Å². The summed E-state index contributed by atoms with van der Waals surface area (Å²) in [6.45, 7) is 3.64. The van der Waals surface area contributed by atoms with E-state index >= 15 is 0 Å². The van der Waals surface area contributed by atoms with Gasteiger partial charge in [0.05, 0.1) is 12.1 Å². The van der Waals surface area contributed by atoms with Gasteiger partial charge in [0.2, 0.25) is 0 Å². The average molecular weight is 159 g/mol. The molecule has 0 aromatic rings. The number of aliphatic hydroxyl groups is 1. The molecular formula is C8H17NO2. The van der Waals surface area contributed by atoms with Crippen LogP contribution in [0.1, 0.15) is 20.3 Å². The molecule has 0 aliphatic rings. The van der Waals surface area contributed by atoms with Crippen molar-refractivity contribution in [2.24, 2.45) is 0 Å². The van der Waals surface area contributed by atoms with Crippen LogP contribution in [-0.4, -0.2) is 42.0 Å². The van der Waals surface area contributed by atoms with Crippen LogP contribution in [0, 0.1) is 0 Å².